The number of aromatic amines is 1. The minimum atomic E-state index is 0.511. The molecule has 0 aliphatic rings. The van der Waals surface area contributed by atoms with Gasteiger partial charge in [-0.05, 0) is 6.07 Å². The second-order valence-electron chi connectivity index (χ2n) is 2.17. The van der Waals surface area contributed by atoms with E-state index in [9.17, 15) is 0 Å². The third-order valence-electron chi connectivity index (χ3n) is 1.51. The van der Waals surface area contributed by atoms with E-state index in [0.717, 1.165) is 16.1 Å². The van der Waals surface area contributed by atoms with Gasteiger partial charge in [-0.2, -0.15) is 0 Å². The normalized spacial score (nSPS) is 10.8. The minimum absolute atomic E-state index is 0.511. The van der Waals surface area contributed by atoms with E-state index >= 15 is 0 Å². The number of aromatic nitrogens is 3. The zero-order valence-electron chi connectivity index (χ0n) is 6.12. The van der Waals surface area contributed by atoms with Crippen molar-refractivity contribution in [2.75, 3.05) is 5.21 Å². The van der Waals surface area contributed by atoms with Crippen LogP contribution in [0.15, 0.2) is 23.6 Å². The van der Waals surface area contributed by atoms with Crippen molar-refractivity contribution in [3.05, 3.63) is 18.6 Å². The van der Waals surface area contributed by atoms with E-state index in [1.165, 1.54) is 18.1 Å². The smallest absolute Gasteiger partial charge is 0.141 e. The third-order valence-corrected chi connectivity index (χ3v) is 2.54. The maximum absolute atomic E-state index is 5.60. The SMILES string of the molecule is ClCSc1ncnc2[nH]ccc12. The summed E-state index contributed by atoms with van der Waals surface area (Å²) in [5.41, 5.74) is 0.859. The summed E-state index contributed by atoms with van der Waals surface area (Å²) < 4.78 is 0. The van der Waals surface area contributed by atoms with Crippen LogP contribution in [0.2, 0.25) is 0 Å². The van der Waals surface area contributed by atoms with E-state index in [4.69, 9.17) is 11.6 Å². The van der Waals surface area contributed by atoms with Gasteiger partial charge in [0.05, 0.1) is 10.6 Å². The highest BCUT2D eigenvalue weighted by Gasteiger charge is 2.02. The highest BCUT2D eigenvalue weighted by atomic mass is 35.5. The molecular weight excluding hydrogens is 194 g/mol. The number of H-pyrrole nitrogens is 1. The Kier molecular flexibility index (Phi) is 2.19. The van der Waals surface area contributed by atoms with Crippen LogP contribution in [0, 0.1) is 0 Å². The summed E-state index contributed by atoms with van der Waals surface area (Å²) in [6.07, 6.45) is 3.38. The van der Waals surface area contributed by atoms with Crippen molar-refractivity contribution in [1.29, 1.82) is 0 Å². The van der Waals surface area contributed by atoms with Crippen LogP contribution in [0.4, 0.5) is 0 Å². The fraction of sp³-hybridized carbons (Fsp3) is 0.143. The van der Waals surface area contributed by atoms with Gasteiger partial charge in [-0.25, -0.2) is 9.97 Å². The molecular formula is C7H6ClN3S. The topological polar surface area (TPSA) is 41.6 Å². The molecule has 1 N–H and O–H groups in total. The molecule has 0 aromatic carbocycles. The Balaban J connectivity index is 2.57. The molecule has 0 amide bonds. The zero-order valence-corrected chi connectivity index (χ0v) is 7.69. The number of thioether (sulfide) groups is 1. The number of hydrogen-bond donors (Lipinski definition) is 1. The van der Waals surface area contributed by atoms with Crippen LogP contribution >= 0.6 is 23.4 Å². The van der Waals surface area contributed by atoms with Crippen LogP contribution in [0.1, 0.15) is 0 Å². The van der Waals surface area contributed by atoms with Gasteiger partial charge in [0.2, 0.25) is 0 Å². The van der Waals surface area contributed by atoms with Crippen molar-refractivity contribution < 1.29 is 0 Å². The fourth-order valence-electron chi connectivity index (χ4n) is 1.02. The number of halogens is 1. The molecule has 0 atom stereocenters. The summed E-state index contributed by atoms with van der Waals surface area (Å²) in [4.78, 5) is 11.2. The Labute approximate surface area is 78.6 Å². The molecule has 2 heterocycles. The summed E-state index contributed by atoms with van der Waals surface area (Å²) in [6, 6.07) is 1.95. The fourth-order valence-corrected chi connectivity index (χ4v) is 1.87. The van der Waals surface area contributed by atoms with Gasteiger partial charge in [0.1, 0.15) is 17.0 Å². The molecule has 12 heavy (non-hydrogen) atoms. The Morgan fingerprint density at radius 2 is 2.42 bits per heavy atom. The lowest BCUT2D eigenvalue weighted by Crippen LogP contribution is -1.83. The molecule has 5 heteroatoms. The highest BCUT2D eigenvalue weighted by molar-refractivity contribution is 8.00. The maximum atomic E-state index is 5.60. The van der Waals surface area contributed by atoms with E-state index < -0.39 is 0 Å². The predicted octanol–water partition coefficient (Wildman–Crippen LogP) is 2.25. The largest absolute Gasteiger partial charge is 0.346 e. The van der Waals surface area contributed by atoms with Gasteiger partial charge < -0.3 is 4.98 Å². The molecule has 0 bridgehead atoms. The quantitative estimate of drug-likeness (QED) is 0.458. The first kappa shape index (κ1) is 7.89. The second-order valence-corrected chi connectivity index (χ2v) is 3.72. The van der Waals surface area contributed by atoms with Crippen LogP contribution in [-0.2, 0) is 0 Å². The van der Waals surface area contributed by atoms with Gasteiger partial charge in [-0.3, -0.25) is 0 Å². The summed E-state index contributed by atoms with van der Waals surface area (Å²) >= 11 is 7.10. The van der Waals surface area contributed by atoms with Crippen molar-refractivity contribution >= 4 is 34.4 Å². The van der Waals surface area contributed by atoms with Gasteiger partial charge in [0.15, 0.2) is 0 Å². The molecule has 0 saturated heterocycles. The van der Waals surface area contributed by atoms with Crippen LogP contribution in [-0.4, -0.2) is 20.2 Å². The first-order valence-corrected chi connectivity index (χ1v) is 4.90. The van der Waals surface area contributed by atoms with Crippen LogP contribution < -0.4 is 0 Å². The molecule has 0 spiro atoms. The monoisotopic (exact) mass is 199 g/mol. The van der Waals surface area contributed by atoms with Crippen molar-refractivity contribution in [2.45, 2.75) is 5.03 Å². The lowest BCUT2D eigenvalue weighted by molar-refractivity contribution is 1.10. The number of hydrogen-bond acceptors (Lipinski definition) is 3. The highest BCUT2D eigenvalue weighted by Crippen LogP contribution is 2.23. The first-order valence-electron chi connectivity index (χ1n) is 3.38. The van der Waals surface area contributed by atoms with Crippen LogP contribution in [0.25, 0.3) is 11.0 Å². The third kappa shape index (κ3) is 1.28. The maximum Gasteiger partial charge on any atom is 0.141 e. The van der Waals surface area contributed by atoms with E-state index in [-0.39, 0.29) is 0 Å². The van der Waals surface area contributed by atoms with Gasteiger partial charge in [0, 0.05) is 6.20 Å². The van der Waals surface area contributed by atoms with Crippen molar-refractivity contribution in [2.24, 2.45) is 0 Å². The number of alkyl halides is 1. The lowest BCUT2D eigenvalue weighted by atomic mass is 10.4. The average molecular weight is 200 g/mol. The van der Waals surface area contributed by atoms with Gasteiger partial charge in [-0.15, -0.1) is 11.6 Å². The van der Waals surface area contributed by atoms with Crippen LogP contribution in [0.3, 0.4) is 0 Å². The summed E-state index contributed by atoms with van der Waals surface area (Å²) in [7, 11) is 0. The zero-order chi connectivity index (χ0) is 8.39. The molecule has 0 unspecified atom stereocenters. The molecule has 2 aromatic heterocycles. The average Bonchev–Trinajstić information content (AvgIpc) is 2.53. The predicted molar refractivity (Wildman–Crippen MR) is 50.5 cm³/mol. The number of nitrogens with zero attached hydrogens (tertiary/aromatic N) is 2. The molecule has 0 aliphatic heterocycles. The molecule has 0 radical (unpaired) electrons. The van der Waals surface area contributed by atoms with E-state index in [2.05, 4.69) is 15.0 Å². The Bertz CT molecular complexity index is 387. The van der Waals surface area contributed by atoms with E-state index in [1.807, 2.05) is 12.3 Å². The van der Waals surface area contributed by atoms with E-state index in [0.29, 0.717) is 5.21 Å². The van der Waals surface area contributed by atoms with Crippen molar-refractivity contribution in [1.82, 2.24) is 15.0 Å². The minimum Gasteiger partial charge on any atom is -0.346 e. The first-order chi connectivity index (χ1) is 5.92. The Morgan fingerprint density at radius 3 is 3.25 bits per heavy atom. The molecule has 0 saturated carbocycles. The number of fused-ring (bicyclic) bond motifs is 1. The van der Waals surface area contributed by atoms with Crippen molar-refractivity contribution in [3.8, 4) is 0 Å². The molecule has 0 fully saturated rings. The summed E-state index contributed by atoms with van der Waals surface area (Å²) in [5, 5.41) is 2.47. The molecule has 3 nitrogen and oxygen atoms in total. The lowest BCUT2D eigenvalue weighted by Gasteiger charge is -1.96. The number of rotatable bonds is 2. The standard InChI is InChI=1S/C7H6ClN3S/c8-3-12-7-5-1-2-9-6(5)10-4-11-7/h1-2,4H,3H2,(H,9,10,11). The summed E-state index contributed by atoms with van der Waals surface area (Å²) in [5.74, 6) is 0. The van der Waals surface area contributed by atoms with Crippen LogP contribution in [0.5, 0.6) is 0 Å². The Morgan fingerprint density at radius 1 is 1.50 bits per heavy atom. The van der Waals surface area contributed by atoms with Gasteiger partial charge in [-0.1, -0.05) is 11.8 Å². The Hall–Kier alpha value is -0.740. The summed E-state index contributed by atoms with van der Waals surface area (Å²) in [6.45, 7) is 0. The molecule has 2 aromatic rings. The van der Waals surface area contributed by atoms with Crippen molar-refractivity contribution in [3.63, 3.8) is 0 Å². The second kappa shape index (κ2) is 3.33. The molecule has 62 valence electrons. The number of nitrogens with one attached hydrogen (secondary N) is 1. The molecule has 2 rings (SSSR count). The van der Waals surface area contributed by atoms with E-state index in [1.54, 1.807) is 0 Å². The van der Waals surface area contributed by atoms with Gasteiger partial charge in [0.25, 0.3) is 0 Å². The molecule has 0 aliphatic carbocycles. The van der Waals surface area contributed by atoms with Gasteiger partial charge >= 0.3 is 0 Å².